The summed E-state index contributed by atoms with van der Waals surface area (Å²) >= 11 is 1.75. The molecule has 2 aromatic rings. The van der Waals surface area contributed by atoms with E-state index in [4.69, 9.17) is 5.73 Å². The molecule has 2 nitrogen and oxygen atoms in total. The van der Waals surface area contributed by atoms with E-state index in [-0.39, 0.29) is 12.4 Å². The van der Waals surface area contributed by atoms with Gasteiger partial charge in [0.05, 0.1) is 6.61 Å². The number of halogens is 1. The van der Waals surface area contributed by atoms with Gasteiger partial charge in [-0.25, -0.2) is 4.39 Å². The number of hydrogen-bond donors (Lipinski definition) is 2. The molecule has 3 N–H and O–H groups in total. The first kappa shape index (κ1) is 15.2. The maximum atomic E-state index is 13.1. The van der Waals surface area contributed by atoms with Gasteiger partial charge >= 0.3 is 0 Å². The van der Waals surface area contributed by atoms with Gasteiger partial charge in [0.2, 0.25) is 0 Å². The number of hydrogen-bond acceptors (Lipinski definition) is 3. The zero-order chi connectivity index (χ0) is 14.6. The van der Waals surface area contributed by atoms with Gasteiger partial charge in [0, 0.05) is 21.7 Å². The van der Waals surface area contributed by atoms with Crippen LogP contribution in [0.4, 0.5) is 4.39 Å². The summed E-state index contributed by atoms with van der Waals surface area (Å²) in [5.74, 6) is -0.276. The molecule has 20 heavy (non-hydrogen) atoms. The van der Waals surface area contributed by atoms with Crippen molar-refractivity contribution in [3.05, 3.63) is 57.5 Å². The minimum atomic E-state index is -0.538. The van der Waals surface area contributed by atoms with Crippen LogP contribution in [-0.4, -0.2) is 18.3 Å². The fourth-order valence-electron chi connectivity index (χ4n) is 2.35. The first-order valence-corrected chi connectivity index (χ1v) is 7.60. The third-order valence-electron chi connectivity index (χ3n) is 3.73. The molecule has 2 rings (SSSR count). The van der Waals surface area contributed by atoms with Gasteiger partial charge in [0.25, 0.3) is 0 Å². The van der Waals surface area contributed by atoms with E-state index in [9.17, 15) is 9.50 Å². The molecule has 0 saturated carbocycles. The zero-order valence-electron chi connectivity index (χ0n) is 11.6. The van der Waals surface area contributed by atoms with E-state index in [0.717, 1.165) is 12.0 Å². The Morgan fingerprint density at radius 2 is 1.80 bits per heavy atom. The Labute approximate surface area is 123 Å². The van der Waals surface area contributed by atoms with E-state index >= 15 is 0 Å². The van der Waals surface area contributed by atoms with Crippen molar-refractivity contribution >= 4 is 11.3 Å². The van der Waals surface area contributed by atoms with Crippen LogP contribution in [0.5, 0.6) is 0 Å². The van der Waals surface area contributed by atoms with E-state index < -0.39 is 5.41 Å². The minimum absolute atomic E-state index is 0.0471. The van der Waals surface area contributed by atoms with Crippen molar-refractivity contribution in [1.82, 2.24) is 0 Å². The van der Waals surface area contributed by atoms with Gasteiger partial charge in [-0.05, 0) is 42.7 Å². The number of rotatable bonds is 6. The molecule has 0 bridgehead atoms. The van der Waals surface area contributed by atoms with Crippen molar-refractivity contribution in [2.45, 2.75) is 25.2 Å². The number of nitrogens with two attached hydrogens (primary N) is 1. The van der Waals surface area contributed by atoms with Gasteiger partial charge in [-0.3, -0.25) is 0 Å². The topological polar surface area (TPSA) is 46.2 Å². The van der Waals surface area contributed by atoms with Crippen LogP contribution in [0.15, 0.2) is 36.4 Å². The molecule has 0 fully saturated rings. The first-order valence-electron chi connectivity index (χ1n) is 6.78. The van der Waals surface area contributed by atoms with E-state index in [1.807, 2.05) is 0 Å². The highest BCUT2D eigenvalue weighted by Crippen LogP contribution is 2.30. The summed E-state index contributed by atoms with van der Waals surface area (Å²) in [4.78, 5) is 2.52. The molecule has 4 heteroatoms. The summed E-state index contributed by atoms with van der Waals surface area (Å²) in [6.07, 6.45) is 1.69. The lowest BCUT2D eigenvalue weighted by Crippen LogP contribution is -2.40. The van der Waals surface area contributed by atoms with Crippen LogP contribution in [0.2, 0.25) is 0 Å². The second-order valence-corrected chi connectivity index (χ2v) is 6.30. The molecule has 0 radical (unpaired) electrons. The minimum Gasteiger partial charge on any atom is -0.395 e. The van der Waals surface area contributed by atoms with Crippen molar-refractivity contribution in [2.24, 2.45) is 5.73 Å². The van der Waals surface area contributed by atoms with E-state index in [2.05, 4.69) is 19.1 Å². The molecule has 0 spiro atoms. The highest BCUT2D eigenvalue weighted by Gasteiger charge is 2.31. The molecule has 108 valence electrons. The maximum absolute atomic E-state index is 13.1. The third-order valence-corrected chi connectivity index (χ3v) is 4.96. The second kappa shape index (κ2) is 6.48. The Morgan fingerprint density at radius 1 is 1.15 bits per heavy atom. The monoisotopic (exact) mass is 293 g/mol. The van der Waals surface area contributed by atoms with Crippen LogP contribution in [-0.2, 0) is 18.3 Å². The smallest absolute Gasteiger partial charge is 0.123 e. The molecule has 1 aromatic heterocycles. The van der Waals surface area contributed by atoms with Crippen molar-refractivity contribution in [2.75, 3.05) is 13.2 Å². The summed E-state index contributed by atoms with van der Waals surface area (Å²) < 4.78 is 13.1. The highest BCUT2D eigenvalue weighted by molar-refractivity contribution is 7.12. The van der Waals surface area contributed by atoms with Crippen molar-refractivity contribution in [3.63, 3.8) is 0 Å². The number of aliphatic hydroxyl groups is 1. The standard InChI is InChI=1S/C16H20FNOS/c1-2-14-7-8-15(20-14)9-16(10-18,11-19)12-3-5-13(17)6-4-12/h3-8,19H,2,9-11,18H2,1H3. The largest absolute Gasteiger partial charge is 0.395 e. The van der Waals surface area contributed by atoms with Gasteiger partial charge in [-0.2, -0.15) is 0 Å². The second-order valence-electron chi connectivity index (χ2n) is 5.05. The molecule has 1 unspecified atom stereocenters. The van der Waals surface area contributed by atoms with Crippen LogP contribution >= 0.6 is 11.3 Å². The Kier molecular flexibility index (Phi) is 4.91. The Balaban J connectivity index is 2.31. The molecular weight excluding hydrogens is 273 g/mol. The Hall–Kier alpha value is -1.23. The summed E-state index contributed by atoms with van der Waals surface area (Å²) in [5, 5.41) is 9.86. The molecule has 1 atom stereocenters. The number of aryl methyl sites for hydroxylation is 1. The lowest BCUT2D eigenvalue weighted by Gasteiger charge is -2.30. The average Bonchev–Trinajstić information content (AvgIpc) is 2.93. The number of thiophene rings is 1. The fourth-order valence-corrected chi connectivity index (χ4v) is 3.45. The van der Waals surface area contributed by atoms with Crippen molar-refractivity contribution in [1.29, 1.82) is 0 Å². The Bertz CT molecular complexity index is 546. The van der Waals surface area contributed by atoms with Gasteiger partial charge in [0.1, 0.15) is 5.82 Å². The van der Waals surface area contributed by atoms with Gasteiger partial charge in [-0.15, -0.1) is 11.3 Å². The van der Waals surface area contributed by atoms with Gasteiger partial charge < -0.3 is 10.8 Å². The molecule has 0 aliphatic rings. The van der Waals surface area contributed by atoms with E-state index in [1.165, 1.54) is 21.9 Å². The molecule has 0 aliphatic carbocycles. The number of benzene rings is 1. The normalized spacial score (nSPS) is 14.2. The lowest BCUT2D eigenvalue weighted by atomic mass is 9.78. The molecule has 0 aliphatic heterocycles. The molecular formula is C16H20FNOS. The summed E-state index contributed by atoms with van der Waals surface area (Å²) in [6.45, 7) is 2.40. The first-order chi connectivity index (χ1) is 9.63. The maximum Gasteiger partial charge on any atom is 0.123 e. The zero-order valence-corrected chi connectivity index (χ0v) is 12.4. The number of aliphatic hydroxyl groups excluding tert-OH is 1. The van der Waals surface area contributed by atoms with Gasteiger partial charge in [-0.1, -0.05) is 19.1 Å². The van der Waals surface area contributed by atoms with Crippen LogP contribution in [0.25, 0.3) is 0 Å². The SMILES string of the molecule is CCc1ccc(CC(CN)(CO)c2ccc(F)cc2)s1. The van der Waals surface area contributed by atoms with E-state index in [0.29, 0.717) is 13.0 Å². The highest BCUT2D eigenvalue weighted by atomic mass is 32.1. The van der Waals surface area contributed by atoms with Crippen LogP contribution in [0.1, 0.15) is 22.2 Å². The summed E-state index contributed by atoms with van der Waals surface area (Å²) in [5.41, 5.74) is 6.27. The summed E-state index contributed by atoms with van der Waals surface area (Å²) in [7, 11) is 0. The molecule has 1 heterocycles. The average molecular weight is 293 g/mol. The lowest BCUT2D eigenvalue weighted by molar-refractivity contribution is 0.196. The molecule has 0 amide bonds. The molecule has 1 aromatic carbocycles. The van der Waals surface area contributed by atoms with Crippen molar-refractivity contribution in [3.8, 4) is 0 Å². The van der Waals surface area contributed by atoms with Gasteiger partial charge in [0.15, 0.2) is 0 Å². The summed E-state index contributed by atoms with van der Waals surface area (Å²) in [6, 6.07) is 10.5. The van der Waals surface area contributed by atoms with Crippen LogP contribution < -0.4 is 5.73 Å². The van der Waals surface area contributed by atoms with Crippen molar-refractivity contribution < 1.29 is 9.50 Å². The van der Waals surface area contributed by atoms with Crippen LogP contribution in [0.3, 0.4) is 0 Å². The van der Waals surface area contributed by atoms with E-state index in [1.54, 1.807) is 23.5 Å². The third kappa shape index (κ3) is 3.08. The molecule has 0 saturated heterocycles. The fraction of sp³-hybridized carbons (Fsp3) is 0.375. The predicted octanol–water partition coefficient (Wildman–Crippen LogP) is 2.88. The Morgan fingerprint density at radius 3 is 2.30 bits per heavy atom. The quantitative estimate of drug-likeness (QED) is 0.860. The van der Waals surface area contributed by atoms with Crippen LogP contribution in [0, 0.1) is 5.82 Å². The predicted molar refractivity (Wildman–Crippen MR) is 81.6 cm³/mol.